The number of amides is 2. The smallest absolute Gasteiger partial charge is 0.410 e. The second kappa shape index (κ2) is 14.5. The normalized spacial score (nSPS) is 14.8. The quantitative estimate of drug-likeness (QED) is 0.281. The van der Waals surface area contributed by atoms with Gasteiger partial charge < -0.3 is 39.7 Å². The maximum absolute atomic E-state index is 11.8. The third kappa shape index (κ3) is 14.2. The summed E-state index contributed by atoms with van der Waals surface area (Å²) in [6.45, 7) is 8.54. The molecule has 0 radical (unpaired) electrons. The Morgan fingerprint density at radius 2 is 1.66 bits per heavy atom. The molecule has 0 aromatic heterocycles. The minimum Gasteiger partial charge on any atom is -0.444 e. The van der Waals surface area contributed by atoms with E-state index < -0.39 is 42.3 Å². The van der Waals surface area contributed by atoms with Crippen LogP contribution in [0.3, 0.4) is 0 Å². The van der Waals surface area contributed by atoms with Crippen molar-refractivity contribution >= 4 is 12.0 Å². The van der Waals surface area contributed by atoms with Gasteiger partial charge in [0.1, 0.15) is 11.7 Å². The monoisotopic (exact) mass is 422 g/mol. The molecule has 0 saturated heterocycles. The molecule has 0 rings (SSSR count). The summed E-state index contributed by atoms with van der Waals surface area (Å²) in [5.41, 5.74) is -0.537. The number of carbonyl (C=O) groups excluding carboxylic acids is 2. The van der Waals surface area contributed by atoms with Gasteiger partial charge >= 0.3 is 6.09 Å². The number of carbonyl (C=O) groups is 2. The molecule has 0 aliphatic carbocycles. The van der Waals surface area contributed by atoms with Gasteiger partial charge in [-0.2, -0.15) is 0 Å². The summed E-state index contributed by atoms with van der Waals surface area (Å²) in [6, 6.07) is 0. The van der Waals surface area contributed by atoms with E-state index in [1.165, 1.54) is 4.90 Å². The van der Waals surface area contributed by atoms with Crippen LogP contribution in [0.5, 0.6) is 0 Å². The molecule has 172 valence electrons. The van der Waals surface area contributed by atoms with E-state index in [1.54, 1.807) is 34.7 Å². The Labute approximate surface area is 173 Å². The van der Waals surface area contributed by atoms with E-state index in [4.69, 9.17) is 19.3 Å². The van der Waals surface area contributed by atoms with Crippen LogP contribution in [0.15, 0.2) is 0 Å². The zero-order valence-corrected chi connectivity index (χ0v) is 18.2. The fourth-order valence-electron chi connectivity index (χ4n) is 2.12. The first-order valence-corrected chi connectivity index (χ1v) is 9.82. The van der Waals surface area contributed by atoms with Gasteiger partial charge in [-0.3, -0.25) is 4.79 Å². The van der Waals surface area contributed by atoms with E-state index in [-0.39, 0.29) is 19.6 Å². The summed E-state index contributed by atoms with van der Waals surface area (Å²) in [7, 11) is 1.64. The Kier molecular flexibility index (Phi) is 13.8. The van der Waals surface area contributed by atoms with Crippen LogP contribution in [0.4, 0.5) is 4.79 Å². The molecule has 2 amide bonds. The molecule has 29 heavy (non-hydrogen) atoms. The first-order chi connectivity index (χ1) is 13.5. The lowest BCUT2D eigenvalue weighted by atomic mass is 9.97. The van der Waals surface area contributed by atoms with E-state index in [2.05, 4.69) is 5.32 Å². The molecule has 0 bridgehead atoms. The van der Waals surface area contributed by atoms with Gasteiger partial charge in [0, 0.05) is 20.1 Å². The van der Waals surface area contributed by atoms with Gasteiger partial charge in [-0.05, 0) is 33.1 Å². The average Bonchev–Trinajstić information content (AvgIpc) is 2.63. The van der Waals surface area contributed by atoms with Crippen molar-refractivity contribution in [1.29, 1.82) is 0 Å². The topological polar surface area (TPSA) is 138 Å². The van der Waals surface area contributed by atoms with Gasteiger partial charge in [-0.15, -0.1) is 0 Å². The first-order valence-electron chi connectivity index (χ1n) is 9.82. The van der Waals surface area contributed by atoms with Crippen LogP contribution in [-0.2, 0) is 19.0 Å². The molecular weight excluding hydrogens is 384 g/mol. The molecule has 0 aromatic carbocycles. The van der Waals surface area contributed by atoms with Crippen LogP contribution in [0.25, 0.3) is 0 Å². The third-order valence-corrected chi connectivity index (χ3v) is 3.94. The second-order valence-corrected chi connectivity index (χ2v) is 7.90. The number of aliphatic hydroxyl groups excluding tert-OH is 3. The first kappa shape index (κ1) is 27.5. The summed E-state index contributed by atoms with van der Waals surface area (Å²) in [5, 5.41) is 30.6. The highest BCUT2D eigenvalue weighted by atomic mass is 16.6. The predicted octanol–water partition coefficient (Wildman–Crippen LogP) is -0.257. The van der Waals surface area contributed by atoms with Crippen molar-refractivity contribution in [3.63, 3.8) is 0 Å². The minimum absolute atomic E-state index is 0.0556. The highest BCUT2D eigenvalue weighted by Gasteiger charge is 2.22. The van der Waals surface area contributed by atoms with Crippen molar-refractivity contribution in [2.75, 3.05) is 53.2 Å². The van der Waals surface area contributed by atoms with Gasteiger partial charge in [0.25, 0.3) is 0 Å². The van der Waals surface area contributed by atoms with Crippen molar-refractivity contribution in [3.8, 4) is 0 Å². The fourth-order valence-corrected chi connectivity index (χ4v) is 2.12. The van der Waals surface area contributed by atoms with Gasteiger partial charge in [0.2, 0.25) is 5.91 Å². The van der Waals surface area contributed by atoms with E-state index in [1.807, 2.05) is 0 Å². The van der Waals surface area contributed by atoms with E-state index >= 15 is 0 Å². The van der Waals surface area contributed by atoms with Crippen molar-refractivity contribution in [3.05, 3.63) is 0 Å². The summed E-state index contributed by atoms with van der Waals surface area (Å²) in [5.74, 6) is -0.949. The Balaban J connectivity index is 3.68. The number of nitrogens with zero attached hydrogens (tertiary/aromatic N) is 1. The molecule has 4 N–H and O–H groups in total. The van der Waals surface area contributed by atoms with Crippen LogP contribution in [0.2, 0.25) is 0 Å². The number of aliphatic hydroxyl groups is 3. The van der Waals surface area contributed by atoms with Crippen molar-refractivity contribution in [1.82, 2.24) is 10.2 Å². The van der Waals surface area contributed by atoms with Crippen LogP contribution >= 0.6 is 0 Å². The van der Waals surface area contributed by atoms with Crippen molar-refractivity contribution in [2.45, 2.75) is 51.9 Å². The molecule has 0 spiro atoms. The van der Waals surface area contributed by atoms with Gasteiger partial charge in [0.15, 0.2) is 0 Å². The number of hydrogen-bond donors (Lipinski definition) is 4. The zero-order valence-electron chi connectivity index (χ0n) is 18.2. The lowest BCUT2D eigenvalue weighted by molar-refractivity contribution is -0.131. The molecule has 0 aromatic rings. The van der Waals surface area contributed by atoms with Gasteiger partial charge in [0.05, 0.1) is 39.1 Å². The Hall–Kier alpha value is -1.46. The zero-order chi connectivity index (χ0) is 22.4. The number of hydrogen-bond acceptors (Lipinski definition) is 8. The SMILES string of the molecule is CC(CC(O)C(=O)NCCOCCOCCN(C)C(=O)OC(C)(C)C)C(O)CO. The number of rotatable bonds is 14. The van der Waals surface area contributed by atoms with Crippen LogP contribution < -0.4 is 5.32 Å². The van der Waals surface area contributed by atoms with Crippen molar-refractivity contribution in [2.24, 2.45) is 5.92 Å². The van der Waals surface area contributed by atoms with E-state index in [0.717, 1.165) is 0 Å². The third-order valence-electron chi connectivity index (χ3n) is 3.94. The molecule has 0 saturated carbocycles. The van der Waals surface area contributed by atoms with E-state index in [0.29, 0.717) is 26.4 Å². The molecule has 10 heteroatoms. The summed E-state index contributed by atoms with van der Waals surface area (Å²) in [4.78, 5) is 24.9. The molecule has 0 aliphatic rings. The standard InChI is InChI=1S/C19H38N2O8/c1-14(16(24)13-22)12-15(23)17(25)20-6-8-27-10-11-28-9-7-21(5)18(26)29-19(2,3)4/h14-16,22-24H,6-13H2,1-5H3,(H,20,25). The molecule has 0 aliphatic heterocycles. The Morgan fingerprint density at radius 3 is 2.21 bits per heavy atom. The highest BCUT2D eigenvalue weighted by Crippen LogP contribution is 2.11. The van der Waals surface area contributed by atoms with E-state index in [9.17, 15) is 19.8 Å². The fraction of sp³-hybridized carbons (Fsp3) is 0.895. The summed E-state index contributed by atoms with van der Waals surface area (Å²) >= 11 is 0. The summed E-state index contributed by atoms with van der Waals surface area (Å²) in [6.07, 6.45) is -2.57. The predicted molar refractivity (Wildman–Crippen MR) is 106 cm³/mol. The molecule has 0 heterocycles. The molecular formula is C19H38N2O8. The summed E-state index contributed by atoms with van der Waals surface area (Å²) < 4.78 is 15.9. The number of nitrogens with one attached hydrogen (secondary N) is 1. The largest absolute Gasteiger partial charge is 0.444 e. The molecule has 10 nitrogen and oxygen atoms in total. The number of ether oxygens (including phenoxy) is 3. The Morgan fingerprint density at radius 1 is 1.07 bits per heavy atom. The number of likely N-dealkylation sites (N-methyl/N-ethyl adjacent to an activating group) is 1. The lowest BCUT2D eigenvalue weighted by Gasteiger charge is -2.24. The van der Waals surface area contributed by atoms with Crippen LogP contribution in [0.1, 0.15) is 34.1 Å². The molecule has 3 atom stereocenters. The van der Waals surface area contributed by atoms with Gasteiger partial charge in [-0.25, -0.2) is 4.79 Å². The van der Waals surface area contributed by atoms with Crippen LogP contribution in [-0.4, -0.2) is 103 Å². The molecule has 0 fully saturated rings. The Bertz CT molecular complexity index is 470. The minimum atomic E-state index is -1.25. The lowest BCUT2D eigenvalue weighted by Crippen LogP contribution is -2.39. The molecule has 3 unspecified atom stereocenters. The maximum atomic E-state index is 11.8. The highest BCUT2D eigenvalue weighted by molar-refractivity contribution is 5.80. The van der Waals surface area contributed by atoms with Crippen molar-refractivity contribution < 1.29 is 39.1 Å². The maximum Gasteiger partial charge on any atom is 0.410 e. The van der Waals surface area contributed by atoms with Crippen LogP contribution in [0, 0.1) is 5.92 Å². The average molecular weight is 423 g/mol. The second-order valence-electron chi connectivity index (χ2n) is 7.90. The van der Waals surface area contributed by atoms with Gasteiger partial charge in [-0.1, -0.05) is 6.92 Å².